The van der Waals surface area contributed by atoms with Crippen LogP contribution in [0.25, 0.3) is 0 Å². The lowest BCUT2D eigenvalue weighted by Gasteiger charge is -2.08. The van der Waals surface area contributed by atoms with Crippen LogP contribution in [0.15, 0.2) is 16.9 Å². The monoisotopic (exact) mass is 271 g/mol. The largest absolute Gasteiger partial charge is 0.463 e. The van der Waals surface area contributed by atoms with Gasteiger partial charge in [0.15, 0.2) is 0 Å². The van der Waals surface area contributed by atoms with Gasteiger partial charge in [-0.05, 0) is 47.8 Å². The molecule has 0 amide bonds. The molecule has 0 saturated carbocycles. The number of nitrogens with one attached hydrogen (secondary N) is 1. The molecule has 1 fully saturated rings. The molecule has 1 atom stereocenters. The van der Waals surface area contributed by atoms with Gasteiger partial charge in [-0.2, -0.15) is 0 Å². The van der Waals surface area contributed by atoms with E-state index in [0.717, 1.165) is 29.9 Å². The van der Waals surface area contributed by atoms with Crippen molar-refractivity contribution in [2.45, 2.75) is 12.8 Å². The molecule has 0 spiro atoms. The molecule has 1 N–H and O–H groups in total. The predicted molar refractivity (Wildman–Crippen MR) is 60.8 cm³/mol. The van der Waals surface area contributed by atoms with Crippen molar-refractivity contribution in [1.82, 2.24) is 15.3 Å². The fourth-order valence-electron chi connectivity index (χ4n) is 1.65. The first-order valence-electron chi connectivity index (χ1n) is 5.15. The summed E-state index contributed by atoms with van der Waals surface area (Å²) in [6.45, 7) is 2.96. The second-order valence-electron chi connectivity index (χ2n) is 3.68. The van der Waals surface area contributed by atoms with Gasteiger partial charge >= 0.3 is 6.01 Å². The Labute approximate surface area is 97.6 Å². The van der Waals surface area contributed by atoms with Gasteiger partial charge < -0.3 is 10.1 Å². The summed E-state index contributed by atoms with van der Waals surface area (Å²) < 4.78 is 6.32. The average Bonchev–Trinajstić information content (AvgIpc) is 2.74. The van der Waals surface area contributed by atoms with E-state index < -0.39 is 0 Å². The van der Waals surface area contributed by atoms with Gasteiger partial charge in [0.1, 0.15) is 0 Å². The van der Waals surface area contributed by atoms with Crippen LogP contribution in [0.3, 0.4) is 0 Å². The van der Waals surface area contributed by atoms with Crippen LogP contribution in [-0.2, 0) is 0 Å². The molecule has 5 heteroatoms. The second-order valence-corrected chi connectivity index (χ2v) is 4.60. The summed E-state index contributed by atoms with van der Waals surface area (Å²) in [5, 5.41) is 3.34. The molecule has 1 unspecified atom stereocenters. The van der Waals surface area contributed by atoms with Crippen LogP contribution in [0.4, 0.5) is 0 Å². The lowest BCUT2D eigenvalue weighted by molar-refractivity contribution is 0.263. The van der Waals surface area contributed by atoms with Gasteiger partial charge in [-0.3, -0.25) is 0 Å². The highest BCUT2D eigenvalue weighted by molar-refractivity contribution is 9.10. The molecule has 1 aromatic rings. The molecule has 0 aromatic carbocycles. The molecule has 0 bridgehead atoms. The van der Waals surface area contributed by atoms with E-state index >= 15 is 0 Å². The Balaban J connectivity index is 1.71. The molecule has 15 heavy (non-hydrogen) atoms. The van der Waals surface area contributed by atoms with Crippen LogP contribution >= 0.6 is 15.9 Å². The van der Waals surface area contributed by atoms with Crippen molar-refractivity contribution in [3.8, 4) is 6.01 Å². The van der Waals surface area contributed by atoms with Gasteiger partial charge in [-0.1, -0.05) is 0 Å². The molecule has 0 radical (unpaired) electrons. The van der Waals surface area contributed by atoms with E-state index in [9.17, 15) is 0 Å². The van der Waals surface area contributed by atoms with E-state index in [0.29, 0.717) is 12.6 Å². The smallest absolute Gasteiger partial charge is 0.316 e. The molecule has 0 aliphatic carbocycles. The third-order valence-electron chi connectivity index (χ3n) is 2.52. The Bertz CT molecular complexity index is 298. The molecule has 1 saturated heterocycles. The van der Waals surface area contributed by atoms with E-state index in [1.54, 1.807) is 12.4 Å². The van der Waals surface area contributed by atoms with Crippen molar-refractivity contribution in [3.63, 3.8) is 0 Å². The van der Waals surface area contributed by atoms with Crippen molar-refractivity contribution < 1.29 is 4.74 Å². The van der Waals surface area contributed by atoms with Gasteiger partial charge in [0, 0.05) is 12.4 Å². The molecule has 2 heterocycles. The molecular formula is C10H14BrN3O. The summed E-state index contributed by atoms with van der Waals surface area (Å²) >= 11 is 3.28. The number of nitrogens with zero attached hydrogens (tertiary/aromatic N) is 2. The fraction of sp³-hybridized carbons (Fsp3) is 0.600. The summed E-state index contributed by atoms with van der Waals surface area (Å²) in [5.41, 5.74) is 0. The molecule has 1 aliphatic rings. The Morgan fingerprint density at radius 3 is 2.93 bits per heavy atom. The van der Waals surface area contributed by atoms with Crippen molar-refractivity contribution >= 4 is 15.9 Å². The van der Waals surface area contributed by atoms with Gasteiger partial charge in [0.05, 0.1) is 11.1 Å². The SMILES string of the molecule is Brc1cnc(OCCC2CCNC2)nc1. The quantitative estimate of drug-likeness (QED) is 0.904. The van der Waals surface area contributed by atoms with Crippen LogP contribution in [0.2, 0.25) is 0 Å². The molecule has 82 valence electrons. The maximum atomic E-state index is 5.45. The summed E-state index contributed by atoms with van der Waals surface area (Å²) in [7, 11) is 0. The highest BCUT2D eigenvalue weighted by Gasteiger charge is 2.14. The average molecular weight is 272 g/mol. The number of hydrogen-bond acceptors (Lipinski definition) is 4. The summed E-state index contributed by atoms with van der Waals surface area (Å²) in [5.74, 6) is 0.750. The lowest BCUT2D eigenvalue weighted by atomic mass is 10.1. The highest BCUT2D eigenvalue weighted by atomic mass is 79.9. The van der Waals surface area contributed by atoms with E-state index in [1.807, 2.05) is 0 Å². The molecule has 2 rings (SSSR count). The summed E-state index contributed by atoms with van der Waals surface area (Å²) in [4.78, 5) is 8.09. The standard InChI is InChI=1S/C10H14BrN3O/c11-9-6-13-10(14-7-9)15-4-2-8-1-3-12-5-8/h6-8,12H,1-5H2. The summed E-state index contributed by atoms with van der Waals surface area (Å²) in [6.07, 6.45) is 5.72. The Kier molecular flexibility index (Phi) is 3.91. The predicted octanol–water partition coefficient (Wildman–Crippen LogP) is 1.62. The number of halogens is 1. The Morgan fingerprint density at radius 2 is 2.27 bits per heavy atom. The van der Waals surface area contributed by atoms with E-state index in [4.69, 9.17) is 4.74 Å². The molecule has 1 aromatic heterocycles. The van der Waals surface area contributed by atoms with Crippen molar-refractivity contribution in [3.05, 3.63) is 16.9 Å². The number of aromatic nitrogens is 2. The maximum Gasteiger partial charge on any atom is 0.316 e. The first-order chi connectivity index (χ1) is 7.34. The minimum absolute atomic E-state index is 0.462. The molecule has 1 aliphatic heterocycles. The van der Waals surface area contributed by atoms with Gasteiger partial charge in [0.2, 0.25) is 0 Å². The number of ether oxygens (including phenoxy) is 1. The molecular weight excluding hydrogens is 258 g/mol. The van der Waals surface area contributed by atoms with E-state index in [2.05, 4.69) is 31.2 Å². The Hall–Kier alpha value is -0.680. The topological polar surface area (TPSA) is 47.0 Å². The Morgan fingerprint density at radius 1 is 1.47 bits per heavy atom. The van der Waals surface area contributed by atoms with Gasteiger partial charge in [0.25, 0.3) is 0 Å². The van der Waals surface area contributed by atoms with E-state index in [1.165, 1.54) is 6.42 Å². The summed E-state index contributed by atoms with van der Waals surface area (Å²) in [6, 6.07) is 0.462. The highest BCUT2D eigenvalue weighted by Crippen LogP contribution is 2.13. The minimum atomic E-state index is 0.462. The first kappa shape index (κ1) is 10.8. The number of hydrogen-bond donors (Lipinski definition) is 1. The van der Waals surface area contributed by atoms with Gasteiger partial charge in [-0.25, -0.2) is 9.97 Å². The maximum absolute atomic E-state index is 5.45. The van der Waals surface area contributed by atoms with Crippen LogP contribution in [0, 0.1) is 5.92 Å². The van der Waals surface area contributed by atoms with Crippen LogP contribution in [0.1, 0.15) is 12.8 Å². The van der Waals surface area contributed by atoms with Crippen LogP contribution < -0.4 is 10.1 Å². The zero-order valence-electron chi connectivity index (χ0n) is 8.45. The third kappa shape index (κ3) is 3.43. The van der Waals surface area contributed by atoms with Crippen molar-refractivity contribution in [2.75, 3.05) is 19.7 Å². The molecule has 4 nitrogen and oxygen atoms in total. The first-order valence-corrected chi connectivity index (χ1v) is 5.95. The second kappa shape index (κ2) is 5.42. The normalized spacial score (nSPS) is 20.5. The zero-order valence-corrected chi connectivity index (χ0v) is 10.0. The van der Waals surface area contributed by atoms with Crippen LogP contribution in [0.5, 0.6) is 6.01 Å². The fourth-order valence-corrected chi connectivity index (χ4v) is 1.86. The zero-order chi connectivity index (χ0) is 10.5. The van der Waals surface area contributed by atoms with Crippen molar-refractivity contribution in [1.29, 1.82) is 0 Å². The minimum Gasteiger partial charge on any atom is -0.463 e. The lowest BCUT2D eigenvalue weighted by Crippen LogP contribution is -2.12. The van der Waals surface area contributed by atoms with Crippen LogP contribution in [-0.4, -0.2) is 29.7 Å². The number of rotatable bonds is 4. The third-order valence-corrected chi connectivity index (χ3v) is 2.93. The van der Waals surface area contributed by atoms with Crippen molar-refractivity contribution in [2.24, 2.45) is 5.92 Å². The van der Waals surface area contributed by atoms with E-state index in [-0.39, 0.29) is 0 Å². The van der Waals surface area contributed by atoms with Gasteiger partial charge in [-0.15, -0.1) is 0 Å².